The lowest BCUT2D eigenvalue weighted by Crippen LogP contribution is -2.35. The fourth-order valence-electron chi connectivity index (χ4n) is 2.71. The van der Waals surface area contributed by atoms with Crippen molar-refractivity contribution < 1.29 is 14.3 Å². The minimum Gasteiger partial charge on any atom is -0.491 e. The summed E-state index contributed by atoms with van der Waals surface area (Å²) < 4.78 is 11.6. The average Bonchev–Trinajstić information content (AvgIpc) is 2.65. The lowest BCUT2D eigenvalue weighted by molar-refractivity contribution is 0.104. The van der Waals surface area contributed by atoms with Gasteiger partial charge in [0, 0.05) is 30.3 Å². The Bertz CT molecular complexity index is 966. The summed E-state index contributed by atoms with van der Waals surface area (Å²) in [5.74, 6) is 1.07. The summed E-state index contributed by atoms with van der Waals surface area (Å²) >= 11 is 0. The molecular formula is C22H26ClNO4. The van der Waals surface area contributed by atoms with Crippen LogP contribution in [0.4, 0.5) is 0 Å². The van der Waals surface area contributed by atoms with Gasteiger partial charge in [-0.1, -0.05) is 43.7 Å². The molecule has 3 aromatic rings. The molecule has 0 aliphatic heterocycles. The predicted molar refractivity (Wildman–Crippen MR) is 115 cm³/mol. The van der Waals surface area contributed by atoms with Crippen LogP contribution >= 0.6 is 12.4 Å². The van der Waals surface area contributed by atoms with Gasteiger partial charge in [0.2, 0.25) is 0 Å². The molecule has 28 heavy (non-hydrogen) atoms. The highest BCUT2D eigenvalue weighted by Gasteiger charge is 2.10. The van der Waals surface area contributed by atoms with E-state index in [4.69, 9.17) is 9.15 Å². The van der Waals surface area contributed by atoms with Gasteiger partial charge in [0.05, 0.1) is 5.39 Å². The van der Waals surface area contributed by atoms with Crippen molar-refractivity contribution in [2.24, 2.45) is 0 Å². The molecule has 5 nitrogen and oxygen atoms in total. The van der Waals surface area contributed by atoms with Crippen LogP contribution in [0.1, 0.15) is 19.4 Å². The molecule has 150 valence electrons. The lowest BCUT2D eigenvalue weighted by Gasteiger charge is -2.15. The number of benzene rings is 2. The van der Waals surface area contributed by atoms with E-state index in [0.717, 1.165) is 11.1 Å². The molecule has 0 bridgehead atoms. The van der Waals surface area contributed by atoms with Crippen LogP contribution in [-0.4, -0.2) is 30.4 Å². The second kappa shape index (κ2) is 9.73. The molecule has 2 aromatic carbocycles. The Morgan fingerprint density at radius 3 is 2.50 bits per heavy atom. The SMILES string of the molecule is Cc1ccc(-c2cc(=O)c3ccc(OCC(O)CNC(C)C)cc3o2)cc1.Cl. The number of aliphatic hydroxyl groups is 1. The lowest BCUT2D eigenvalue weighted by atomic mass is 10.1. The molecule has 0 aliphatic carbocycles. The Morgan fingerprint density at radius 1 is 1.11 bits per heavy atom. The highest BCUT2D eigenvalue weighted by atomic mass is 35.5. The molecule has 1 atom stereocenters. The maximum absolute atomic E-state index is 12.4. The largest absolute Gasteiger partial charge is 0.491 e. The summed E-state index contributed by atoms with van der Waals surface area (Å²) in [7, 11) is 0. The number of nitrogens with one attached hydrogen (secondary N) is 1. The van der Waals surface area contributed by atoms with Gasteiger partial charge in [-0.05, 0) is 19.1 Å². The first-order valence-electron chi connectivity index (χ1n) is 9.11. The van der Waals surface area contributed by atoms with E-state index in [1.165, 1.54) is 6.07 Å². The fourth-order valence-corrected chi connectivity index (χ4v) is 2.71. The van der Waals surface area contributed by atoms with Crippen LogP contribution in [0.5, 0.6) is 5.75 Å². The summed E-state index contributed by atoms with van der Waals surface area (Å²) in [5.41, 5.74) is 2.36. The van der Waals surface area contributed by atoms with Crippen LogP contribution in [-0.2, 0) is 0 Å². The number of fused-ring (bicyclic) bond motifs is 1. The first-order chi connectivity index (χ1) is 12.9. The molecule has 0 saturated carbocycles. The Balaban J connectivity index is 0.00000280. The number of hydrogen-bond acceptors (Lipinski definition) is 5. The van der Waals surface area contributed by atoms with Gasteiger partial charge in [0.15, 0.2) is 5.43 Å². The van der Waals surface area contributed by atoms with Crippen LogP contribution in [0.25, 0.3) is 22.3 Å². The average molecular weight is 404 g/mol. The number of aryl methyl sites for hydroxylation is 1. The van der Waals surface area contributed by atoms with Crippen molar-refractivity contribution in [2.75, 3.05) is 13.2 Å². The monoisotopic (exact) mass is 403 g/mol. The summed E-state index contributed by atoms with van der Waals surface area (Å²) in [6.07, 6.45) is -0.617. The molecule has 0 fully saturated rings. The van der Waals surface area contributed by atoms with Crippen molar-refractivity contribution in [3.8, 4) is 17.1 Å². The summed E-state index contributed by atoms with van der Waals surface area (Å²) in [6.45, 7) is 6.66. The van der Waals surface area contributed by atoms with Gasteiger partial charge in [0.1, 0.15) is 29.8 Å². The molecule has 6 heteroatoms. The van der Waals surface area contributed by atoms with E-state index >= 15 is 0 Å². The van der Waals surface area contributed by atoms with Crippen molar-refractivity contribution in [3.63, 3.8) is 0 Å². The summed E-state index contributed by atoms with van der Waals surface area (Å²) in [5, 5.41) is 13.6. The Kier molecular flexibility index (Phi) is 7.63. The topological polar surface area (TPSA) is 71.7 Å². The molecule has 1 unspecified atom stereocenters. The fraction of sp³-hybridized carbons (Fsp3) is 0.318. The van der Waals surface area contributed by atoms with Crippen molar-refractivity contribution in [2.45, 2.75) is 32.9 Å². The molecular weight excluding hydrogens is 378 g/mol. The third kappa shape index (κ3) is 5.58. The molecule has 3 rings (SSSR count). The number of rotatable bonds is 7. The smallest absolute Gasteiger partial charge is 0.193 e. The van der Waals surface area contributed by atoms with Crippen LogP contribution in [0, 0.1) is 6.92 Å². The zero-order valence-electron chi connectivity index (χ0n) is 16.3. The van der Waals surface area contributed by atoms with Crippen LogP contribution < -0.4 is 15.5 Å². The van der Waals surface area contributed by atoms with Crippen LogP contribution in [0.15, 0.2) is 57.7 Å². The van der Waals surface area contributed by atoms with Crippen molar-refractivity contribution >= 4 is 23.4 Å². The van der Waals surface area contributed by atoms with E-state index in [1.807, 2.05) is 45.0 Å². The predicted octanol–water partition coefficient (Wildman–Crippen LogP) is 3.93. The highest BCUT2D eigenvalue weighted by molar-refractivity contribution is 5.85. The Labute approximate surface area is 170 Å². The number of aliphatic hydroxyl groups excluding tert-OH is 1. The second-order valence-electron chi connectivity index (χ2n) is 7.03. The molecule has 0 aliphatic rings. The van der Waals surface area contributed by atoms with Gasteiger partial charge >= 0.3 is 0 Å². The van der Waals surface area contributed by atoms with E-state index in [9.17, 15) is 9.90 Å². The molecule has 0 spiro atoms. The minimum atomic E-state index is -0.617. The van der Waals surface area contributed by atoms with Gasteiger partial charge in [-0.3, -0.25) is 4.79 Å². The van der Waals surface area contributed by atoms with Gasteiger partial charge < -0.3 is 19.6 Å². The van der Waals surface area contributed by atoms with Gasteiger partial charge in [-0.2, -0.15) is 0 Å². The summed E-state index contributed by atoms with van der Waals surface area (Å²) in [6, 6.07) is 14.7. The second-order valence-corrected chi connectivity index (χ2v) is 7.03. The van der Waals surface area contributed by atoms with Crippen molar-refractivity contribution in [3.05, 3.63) is 64.3 Å². The first-order valence-corrected chi connectivity index (χ1v) is 9.11. The van der Waals surface area contributed by atoms with Crippen LogP contribution in [0.2, 0.25) is 0 Å². The van der Waals surface area contributed by atoms with Crippen molar-refractivity contribution in [1.29, 1.82) is 0 Å². The van der Waals surface area contributed by atoms with E-state index in [-0.39, 0.29) is 24.4 Å². The zero-order valence-corrected chi connectivity index (χ0v) is 17.1. The Morgan fingerprint density at radius 2 is 1.82 bits per heavy atom. The maximum Gasteiger partial charge on any atom is 0.193 e. The maximum atomic E-state index is 12.4. The van der Waals surface area contributed by atoms with Gasteiger partial charge in [-0.25, -0.2) is 0 Å². The van der Waals surface area contributed by atoms with Crippen LogP contribution in [0.3, 0.4) is 0 Å². The standard InChI is InChI=1S/C22H25NO4.ClH/c1-14(2)23-12-17(24)13-26-18-8-9-19-20(25)11-21(27-22(19)10-18)16-6-4-15(3)5-7-16;/h4-11,14,17,23-24H,12-13H2,1-3H3;1H. The normalized spacial score (nSPS) is 12.0. The minimum absolute atomic E-state index is 0. The third-order valence-electron chi connectivity index (χ3n) is 4.24. The number of ether oxygens (including phenoxy) is 1. The first kappa shape index (κ1) is 22.0. The number of hydrogen-bond donors (Lipinski definition) is 2. The molecule has 0 radical (unpaired) electrons. The van der Waals surface area contributed by atoms with E-state index in [1.54, 1.807) is 18.2 Å². The van der Waals surface area contributed by atoms with E-state index in [2.05, 4.69) is 5.32 Å². The van der Waals surface area contributed by atoms with Gasteiger partial charge in [0.25, 0.3) is 0 Å². The van der Waals surface area contributed by atoms with E-state index in [0.29, 0.717) is 35.1 Å². The molecule has 1 heterocycles. The Hall–Kier alpha value is -2.34. The molecule has 0 saturated heterocycles. The molecule has 2 N–H and O–H groups in total. The van der Waals surface area contributed by atoms with Gasteiger partial charge in [-0.15, -0.1) is 12.4 Å². The van der Waals surface area contributed by atoms with E-state index < -0.39 is 6.10 Å². The zero-order chi connectivity index (χ0) is 19.4. The van der Waals surface area contributed by atoms with Crippen molar-refractivity contribution in [1.82, 2.24) is 5.32 Å². The molecule has 1 aromatic heterocycles. The number of halogens is 1. The quantitative estimate of drug-likeness (QED) is 0.625. The molecule has 0 amide bonds. The summed E-state index contributed by atoms with van der Waals surface area (Å²) in [4.78, 5) is 12.4. The highest BCUT2D eigenvalue weighted by Crippen LogP contribution is 2.25. The third-order valence-corrected chi connectivity index (χ3v) is 4.24.